The van der Waals surface area contributed by atoms with E-state index in [0.717, 1.165) is 10.8 Å². The lowest BCUT2D eigenvalue weighted by Crippen LogP contribution is -2.25. The van der Waals surface area contributed by atoms with Crippen LogP contribution in [0.5, 0.6) is 0 Å². The fraction of sp³-hybridized carbons (Fsp3) is 0.273. The number of nitrogens with zero attached hydrogens (tertiary/aromatic N) is 3. The van der Waals surface area contributed by atoms with Gasteiger partial charge in [0.15, 0.2) is 5.11 Å². The fourth-order valence-corrected chi connectivity index (χ4v) is 4.36. The third-order valence-electron chi connectivity index (χ3n) is 5.48. The van der Waals surface area contributed by atoms with Crippen molar-refractivity contribution in [3.63, 3.8) is 0 Å². The largest absolute Gasteiger partial charge is 0.352 e. The Bertz CT molecular complexity index is 993. The van der Waals surface area contributed by atoms with Gasteiger partial charge >= 0.3 is 0 Å². The highest BCUT2D eigenvalue weighted by molar-refractivity contribution is 7.80. The number of hydrogen-bond donors (Lipinski definition) is 1. The van der Waals surface area contributed by atoms with E-state index in [1.54, 1.807) is 0 Å². The number of likely N-dealkylation sites (N-methyl/N-ethyl adjacent to an activating group) is 1. The number of pyridine rings is 1. The van der Waals surface area contributed by atoms with Crippen LogP contribution < -0.4 is 5.32 Å². The van der Waals surface area contributed by atoms with Crippen LogP contribution in [0.4, 0.5) is 0 Å². The van der Waals surface area contributed by atoms with Gasteiger partial charge in [0.2, 0.25) is 0 Å². The zero-order chi connectivity index (χ0) is 19.1. The zero-order valence-electron chi connectivity index (χ0n) is 16.1. The average molecular weight is 377 g/mol. The number of aryl methyl sites for hydroxylation is 2. The molecule has 138 valence electrons. The van der Waals surface area contributed by atoms with E-state index in [1.807, 2.05) is 18.3 Å². The topological polar surface area (TPSA) is 33.1 Å². The number of para-hydroxylation sites is 1. The highest BCUT2D eigenvalue weighted by Gasteiger charge is 2.39. The summed E-state index contributed by atoms with van der Waals surface area (Å²) in [5.74, 6) is 0. The van der Waals surface area contributed by atoms with E-state index in [4.69, 9.17) is 12.2 Å². The first kappa shape index (κ1) is 17.7. The zero-order valence-corrected chi connectivity index (χ0v) is 16.9. The smallest absolute Gasteiger partial charge is 0.169 e. The molecule has 0 aliphatic carbocycles. The molecule has 0 radical (unpaired) electrons. The van der Waals surface area contributed by atoms with Crippen molar-refractivity contribution in [1.29, 1.82) is 0 Å². The normalized spacial score (nSPS) is 19.4. The van der Waals surface area contributed by atoms with Crippen LogP contribution in [0.1, 0.15) is 40.3 Å². The number of nitrogens with one attached hydrogen (secondary N) is 1. The lowest BCUT2D eigenvalue weighted by Gasteiger charge is -2.24. The highest BCUT2D eigenvalue weighted by Crippen LogP contribution is 2.40. The number of benzene rings is 1. The predicted octanol–water partition coefficient (Wildman–Crippen LogP) is 4.40. The summed E-state index contributed by atoms with van der Waals surface area (Å²) in [5.41, 5.74) is 7.25. The van der Waals surface area contributed by atoms with Crippen molar-refractivity contribution in [2.45, 2.75) is 32.9 Å². The maximum atomic E-state index is 5.57. The molecule has 0 unspecified atom stereocenters. The third kappa shape index (κ3) is 2.92. The monoisotopic (exact) mass is 376 g/mol. The Morgan fingerprint density at radius 3 is 2.48 bits per heavy atom. The summed E-state index contributed by atoms with van der Waals surface area (Å²) >= 11 is 5.57. The molecule has 3 heterocycles. The minimum atomic E-state index is 0.0366. The van der Waals surface area contributed by atoms with Crippen molar-refractivity contribution >= 4 is 17.3 Å². The third-order valence-corrected chi connectivity index (χ3v) is 5.89. The van der Waals surface area contributed by atoms with Crippen LogP contribution in [0.15, 0.2) is 54.7 Å². The molecule has 5 heteroatoms. The van der Waals surface area contributed by atoms with Crippen LogP contribution in [0.2, 0.25) is 0 Å². The molecule has 2 atom stereocenters. The summed E-state index contributed by atoms with van der Waals surface area (Å²) in [5, 5.41) is 4.22. The van der Waals surface area contributed by atoms with Crippen LogP contribution in [0, 0.1) is 20.8 Å². The molecule has 1 aromatic carbocycles. The second-order valence-electron chi connectivity index (χ2n) is 7.19. The van der Waals surface area contributed by atoms with Crippen LogP contribution in [0.25, 0.3) is 5.69 Å². The van der Waals surface area contributed by atoms with Crippen molar-refractivity contribution in [1.82, 2.24) is 19.8 Å². The van der Waals surface area contributed by atoms with Gasteiger partial charge in [-0.25, -0.2) is 0 Å². The lowest BCUT2D eigenvalue weighted by molar-refractivity contribution is 0.367. The highest BCUT2D eigenvalue weighted by atomic mass is 32.1. The molecule has 27 heavy (non-hydrogen) atoms. The van der Waals surface area contributed by atoms with E-state index in [9.17, 15) is 0 Å². The van der Waals surface area contributed by atoms with Crippen LogP contribution in [-0.4, -0.2) is 26.6 Å². The van der Waals surface area contributed by atoms with E-state index in [-0.39, 0.29) is 12.1 Å². The number of thiocarbonyl (C=S) groups is 1. The number of hydrogen-bond acceptors (Lipinski definition) is 2. The molecule has 1 aliphatic rings. The van der Waals surface area contributed by atoms with E-state index in [0.29, 0.717) is 0 Å². The van der Waals surface area contributed by atoms with Gasteiger partial charge in [0, 0.05) is 30.3 Å². The van der Waals surface area contributed by atoms with Crippen LogP contribution >= 0.6 is 12.2 Å². The Kier molecular flexibility index (Phi) is 4.48. The fourth-order valence-electron chi connectivity index (χ4n) is 4.12. The summed E-state index contributed by atoms with van der Waals surface area (Å²) in [6.07, 6.45) is 1.84. The molecule has 1 aliphatic heterocycles. The van der Waals surface area contributed by atoms with Gasteiger partial charge in [0.05, 0.1) is 17.8 Å². The average Bonchev–Trinajstić information content (AvgIpc) is 3.12. The molecule has 0 amide bonds. The first-order valence-corrected chi connectivity index (χ1v) is 9.59. The van der Waals surface area contributed by atoms with Gasteiger partial charge in [-0.15, -0.1) is 0 Å². The summed E-state index contributed by atoms with van der Waals surface area (Å²) in [4.78, 5) is 6.73. The standard InChI is InChI=1S/C22H24N4S/c1-14-9-5-6-11-19(14)26-15(2)13-17(16(26)3)21-20(24-22(27)25(21)4)18-10-7-8-12-23-18/h5-13,20-21H,1-4H3,(H,24,27)/t20-,21+/m0/s1. The molecule has 1 saturated heterocycles. The Morgan fingerprint density at radius 1 is 1.04 bits per heavy atom. The molecule has 4 nitrogen and oxygen atoms in total. The SMILES string of the molecule is Cc1ccccc1-n1c(C)cc([C@@H]2[C@H](c3ccccn3)NC(=S)N2C)c1C. The van der Waals surface area contributed by atoms with Crippen LogP contribution in [0.3, 0.4) is 0 Å². The van der Waals surface area contributed by atoms with Crippen LogP contribution in [-0.2, 0) is 0 Å². The summed E-state index contributed by atoms with van der Waals surface area (Å²) < 4.78 is 2.34. The van der Waals surface area contributed by atoms with Gasteiger partial charge in [-0.05, 0) is 68.4 Å². The molecule has 2 aromatic heterocycles. The molecule has 1 N–H and O–H groups in total. The second kappa shape index (κ2) is 6.82. The quantitative estimate of drug-likeness (QED) is 0.687. The molecule has 0 spiro atoms. The lowest BCUT2D eigenvalue weighted by atomic mass is 9.97. The maximum Gasteiger partial charge on any atom is 0.169 e. The van der Waals surface area contributed by atoms with Crippen molar-refractivity contribution in [2.75, 3.05) is 7.05 Å². The van der Waals surface area contributed by atoms with Gasteiger partial charge < -0.3 is 14.8 Å². The number of aromatic nitrogens is 2. The van der Waals surface area contributed by atoms with Crippen molar-refractivity contribution in [2.24, 2.45) is 0 Å². The number of rotatable bonds is 3. The summed E-state index contributed by atoms with van der Waals surface area (Å²) in [6.45, 7) is 6.52. The molecule has 4 rings (SSSR count). The second-order valence-corrected chi connectivity index (χ2v) is 7.57. The van der Waals surface area contributed by atoms with Gasteiger partial charge in [0.25, 0.3) is 0 Å². The van der Waals surface area contributed by atoms with Crippen molar-refractivity contribution < 1.29 is 0 Å². The molecule has 3 aromatic rings. The van der Waals surface area contributed by atoms with Crippen molar-refractivity contribution in [3.8, 4) is 5.69 Å². The van der Waals surface area contributed by atoms with Gasteiger partial charge in [0.1, 0.15) is 0 Å². The minimum absolute atomic E-state index is 0.0366. The maximum absolute atomic E-state index is 5.57. The van der Waals surface area contributed by atoms with Gasteiger partial charge in [-0.1, -0.05) is 24.3 Å². The first-order valence-electron chi connectivity index (χ1n) is 9.18. The molecular weight excluding hydrogens is 352 g/mol. The Hall–Kier alpha value is -2.66. The van der Waals surface area contributed by atoms with Gasteiger partial charge in [-0.3, -0.25) is 4.98 Å². The first-order chi connectivity index (χ1) is 13.0. The van der Waals surface area contributed by atoms with E-state index >= 15 is 0 Å². The van der Waals surface area contributed by atoms with E-state index < -0.39 is 0 Å². The molecule has 0 saturated carbocycles. The molecular formula is C22H24N4S. The predicted molar refractivity (Wildman–Crippen MR) is 113 cm³/mol. The van der Waals surface area contributed by atoms with Gasteiger partial charge in [-0.2, -0.15) is 0 Å². The Labute approximate surface area is 165 Å². The van der Waals surface area contributed by atoms with E-state index in [1.165, 1.54) is 28.2 Å². The van der Waals surface area contributed by atoms with E-state index in [2.05, 4.69) is 84.0 Å². The minimum Gasteiger partial charge on any atom is -0.352 e. The van der Waals surface area contributed by atoms with Crippen molar-refractivity contribution in [3.05, 3.63) is 82.9 Å². The molecule has 0 bridgehead atoms. The summed E-state index contributed by atoms with van der Waals surface area (Å²) in [6, 6.07) is 17.0. The molecule has 1 fully saturated rings. The Morgan fingerprint density at radius 2 is 1.78 bits per heavy atom. The Balaban J connectivity index is 1.84. The summed E-state index contributed by atoms with van der Waals surface area (Å²) in [7, 11) is 2.06.